The van der Waals surface area contributed by atoms with Crippen molar-refractivity contribution in [1.29, 1.82) is 0 Å². The van der Waals surface area contributed by atoms with Crippen LogP contribution in [-0.4, -0.2) is 30.6 Å². The Labute approximate surface area is 124 Å². The first-order chi connectivity index (χ1) is 9.70. The predicted molar refractivity (Wildman–Crippen MR) is 86.8 cm³/mol. The first-order valence-electron chi connectivity index (χ1n) is 8.16. The molecule has 1 saturated carbocycles. The number of hydrogen-bond donors (Lipinski definition) is 1. The predicted octanol–water partition coefficient (Wildman–Crippen LogP) is 3.46. The second-order valence-corrected chi connectivity index (χ2v) is 6.50. The zero-order valence-corrected chi connectivity index (χ0v) is 13.1. The van der Waals surface area contributed by atoms with Crippen LogP contribution in [0.25, 0.3) is 0 Å². The maximum Gasteiger partial charge on any atom is 0.0221 e. The van der Waals surface area contributed by atoms with Crippen LogP contribution in [0, 0.1) is 5.92 Å². The summed E-state index contributed by atoms with van der Waals surface area (Å²) in [6.45, 7) is 3.16. The van der Waals surface area contributed by atoms with Gasteiger partial charge >= 0.3 is 0 Å². The molecule has 3 atom stereocenters. The molecule has 0 aliphatic heterocycles. The highest BCUT2D eigenvalue weighted by atomic mass is 15.2. The van der Waals surface area contributed by atoms with Gasteiger partial charge in [-0.15, -0.1) is 0 Å². The van der Waals surface area contributed by atoms with Gasteiger partial charge in [-0.2, -0.15) is 0 Å². The highest BCUT2D eigenvalue weighted by Gasteiger charge is 2.26. The van der Waals surface area contributed by atoms with E-state index in [1.807, 2.05) is 0 Å². The van der Waals surface area contributed by atoms with Gasteiger partial charge in [0.05, 0.1) is 0 Å². The third-order valence-corrected chi connectivity index (χ3v) is 4.94. The topological polar surface area (TPSA) is 29.3 Å². The van der Waals surface area contributed by atoms with Crippen LogP contribution in [0.2, 0.25) is 0 Å². The first-order valence-corrected chi connectivity index (χ1v) is 8.16. The van der Waals surface area contributed by atoms with Crippen LogP contribution in [0.15, 0.2) is 30.3 Å². The van der Waals surface area contributed by atoms with Crippen LogP contribution in [-0.2, 0) is 6.42 Å². The molecule has 1 fully saturated rings. The van der Waals surface area contributed by atoms with Gasteiger partial charge in [0.1, 0.15) is 0 Å². The maximum atomic E-state index is 6.04. The molecule has 1 aliphatic rings. The average molecular weight is 274 g/mol. The molecule has 20 heavy (non-hydrogen) atoms. The van der Waals surface area contributed by atoms with Crippen molar-refractivity contribution in [3.63, 3.8) is 0 Å². The molecule has 2 heteroatoms. The normalized spacial score (nSPS) is 24.8. The van der Waals surface area contributed by atoms with Crippen LogP contribution in [0.5, 0.6) is 0 Å². The molecule has 0 amide bonds. The molecular formula is C18H30N2. The van der Waals surface area contributed by atoms with Gasteiger partial charge in [0, 0.05) is 18.6 Å². The van der Waals surface area contributed by atoms with Crippen LogP contribution >= 0.6 is 0 Å². The fourth-order valence-corrected chi connectivity index (χ4v) is 3.54. The van der Waals surface area contributed by atoms with E-state index in [2.05, 4.69) is 49.2 Å². The van der Waals surface area contributed by atoms with E-state index in [0.29, 0.717) is 6.04 Å². The first kappa shape index (κ1) is 15.5. The highest BCUT2D eigenvalue weighted by molar-refractivity contribution is 5.14. The van der Waals surface area contributed by atoms with E-state index in [1.54, 1.807) is 0 Å². The van der Waals surface area contributed by atoms with Crippen LogP contribution in [0.3, 0.4) is 0 Å². The molecule has 1 aliphatic carbocycles. The molecule has 112 valence electrons. The molecule has 0 aromatic heterocycles. The number of nitrogens with two attached hydrogens (primary N) is 1. The smallest absolute Gasteiger partial charge is 0.0221 e. The van der Waals surface area contributed by atoms with Crippen molar-refractivity contribution in [1.82, 2.24) is 4.90 Å². The number of hydrogen-bond acceptors (Lipinski definition) is 2. The Morgan fingerprint density at radius 1 is 1.25 bits per heavy atom. The largest absolute Gasteiger partial charge is 0.329 e. The Morgan fingerprint density at radius 3 is 2.65 bits per heavy atom. The molecule has 0 spiro atoms. The summed E-state index contributed by atoms with van der Waals surface area (Å²) in [6, 6.07) is 12.0. The molecule has 1 aromatic carbocycles. The Balaban J connectivity index is 1.87. The molecule has 2 N–H and O–H groups in total. The van der Waals surface area contributed by atoms with E-state index in [4.69, 9.17) is 5.73 Å². The van der Waals surface area contributed by atoms with Gasteiger partial charge in [-0.05, 0) is 44.2 Å². The van der Waals surface area contributed by atoms with Crippen molar-refractivity contribution < 1.29 is 0 Å². The number of rotatable bonds is 6. The monoisotopic (exact) mass is 274 g/mol. The Morgan fingerprint density at radius 2 is 2.00 bits per heavy atom. The van der Waals surface area contributed by atoms with E-state index in [9.17, 15) is 0 Å². The second kappa shape index (κ2) is 7.80. The summed E-state index contributed by atoms with van der Waals surface area (Å²) in [5.74, 6) is 0.878. The summed E-state index contributed by atoms with van der Waals surface area (Å²) in [6.07, 6.45) is 7.78. The number of aryl methyl sites for hydroxylation is 1. The second-order valence-electron chi connectivity index (χ2n) is 6.50. The SMILES string of the molecule is CC1CCCC(N(C)C(CN)CCc2ccccc2)C1. The Bertz CT molecular complexity index is 376. The van der Waals surface area contributed by atoms with E-state index >= 15 is 0 Å². The minimum Gasteiger partial charge on any atom is -0.329 e. The van der Waals surface area contributed by atoms with E-state index in [1.165, 1.54) is 37.7 Å². The lowest BCUT2D eigenvalue weighted by atomic mass is 9.85. The fraction of sp³-hybridized carbons (Fsp3) is 0.667. The third-order valence-electron chi connectivity index (χ3n) is 4.94. The quantitative estimate of drug-likeness (QED) is 0.861. The number of nitrogens with zero attached hydrogens (tertiary/aromatic N) is 1. The molecule has 0 radical (unpaired) electrons. The van der Waals surface area contributed by atoms with Gasteiger partial charge < -0.3 is 5.73 Å². The van der Waals surface area contributed by atoms with Gasteiger partial charge in [-0.1, -0.05) is 50.1 Å². The molecule has 2 nitrogen and oxygen atoms in total. The molecule has 1 aromatic rings. The van der Waals surface area contributed by atoms with E-state index in [0.717, 1.165) is 24.9 Å². The lowest BCUT2D eigenvalue weighted by Gasteiger charge is -2.38. The van der Waals surface area contributed by atoms with Crippen LogP contribution in [0.4, 0.5) is 0 Å². The van der Waals surface area contributed by atoms with Crippen molar-refractivity contribution in [2.45, 2.75) is 57.5 Å². The lowest BCUT2D eigenvalue weighted by Crippen LogP contribution is -2.46. The summed E-state index contributed by atoms with van der Waals surface area (Å²) < 4.78 is 0. The fourth-order valence-electron chi connectivity index (χ4n) is 3.54. The summed E-state index contributed by atoms with van der Waals surface area (Å²) in [5.41, 5.74) is 7.46. The molecule has 0 heterocycles. The third kappa shape index (κ3) is 4.32. The molecule has 0 bridgehead atoms. The molecular weight excluding hydrogens is 244 g/mol. The van der Waals surface area contributed by atoms with E-state index < -0.39 is 0 Å². The van der Waals surface area contributed by atoms with Gasteiger partial charge in [-0.25, -0.2) is 0 Å². The number of benzene rings is 1. The van der Waals surface area contributed by atoms with E-state index in [-0.39, 0.29) is 0 Å². The van der Waals surface area contributed by atoms with Crippen LogP contribution in [0.1, 0.15) is 44.6 Å². The van der Waals surface area contributed by atoms with Crippen molar-refractivity contribution in [2.75, 3.05) is 13.6 Å². The summed E-state index contributed by atoms with van der Waals surface area (Å²) >= 11 is 0. The molecule has 2 rings (SSSR count). The van der Waals surface area contributed by atoms with Gasteiger partial charge in [0.25, 0.3) is 0 Å². The average Bonchev–Trinajstić information content (AvgIpc) is 2.48. The van der Waals surface area contributed by atoms with Crippen molar-refractivity contribution in [2.24, 2.45) is 11.7 Å². The molecule has 3 unspecified atom stereocenters. The Kier molecular flexibility index (Phi) is 6.06. The van der Waals surface area contributed by atoms with Crippen molar-refractivity contribution in [3.8, 4) is 0 Å². The summed E-state index contributed by atoms with van der Waals surface area (Å²) in [5, 5.41) is 0. The van der Waals surface area contributed by atoms with Gasteiger partial charge in [-0.3, -0.25) is 4.90 Å². The van der Waals surface area contributed by atoms with Gasteiger partial charge in [0.15, 0.2) is 0 Å². The number of likely N-dealkylation sites (N-methyl/N-ethyl adjacent to an activating group) is 1. The molecule has 0 saturated heterocycles. The zero-order chi connectivity index (χ0) is 14.4. The zero-order valence-electron chi connectivity index (χ0n) is 13.1. The summed E-state index contributed by atoms with van der Waals surface area (Å²) in [7, 11) is 2.28. The lowest BCUT2D eigenvalue weighted by molar-refractivity contribution is 0.116. The highest BCUT2D eigenvalue weighted by Crippen LogP contribution is 2.28. The van der Waals surface area contributed by atoms with Crippen molar-refractivity contribution in [3.05, 3.63) is 35.9 Å². The maximum absolute atomic E-state index is 6.04. The minimum atomic E-state index is 0.519. The van der Waals surface area contributed by atoms with Crippen molar-refractivity contribution >= 4 is 0 Å². The van der Waals surface area contributed by atoms with Gasteiger partial charge in [0.2, 0.25) is 0 Å². The Hall–Kier alpha value is -0.860. The summed E-state index contributed by atoms with van der Waals surface area (Å²) in [4.78, 5) is 2.57. The standard InChI is InChI=1S/C18H30N2/c1-15-7-6-10-17(13-15)20(2)18(14-19)12-11-16-8-4-3-5-9-16/h3-5,8-9,15,17-18H,6-7,10-14,19H2,1-2H3. The minimum absolute atomic E-state index is 0.519. The van der Waals surface area contributed by atoms with Crippen LogP contribution < -0.4 is 5.73 Å².